The molecule has 5 rings (SSSR count). The summed E-state index contributed by atoms with van der Waals surface area (Å²) < 4.78 is 0. The molecule has 0 radical (unpaired) electrons. The predicted octanol–water partition coefficient (Wildman–Crippen LogP) is 5.56. The molecule has 0 aliphatic heterocycles. The van der Waals surface area contributed by atoms with Crippen LogP contribution >= 0.6 is 0 Å². The molecule has 2 unspecified atom stereocenters. The van der Waals surface area contributed by atoms with Gasteiger partial charge in [0.2, 0.25) is 0 Å². The summed E-state index contributed by atoms with van der Waals surface area (Å²) in [4.78, 5) is 4.65. The number of aromatic nitrogens is 1. The van der Waals surface area contributed by atoms with Gasteiger partial charge in [-0.3, -0.25) is 4.98 Å². The zero-order chi connectivity index (χ0) is 15.1. The van der Waals surface area contributed by atoms with Gasteiger partial charge in [0.1, 0.15) is 0 Å². The average Bonchev–Trinajstić information content (AvgIpc) is 2.86. The molecule has 2 aromatic carbocycles. The SMILES string of the molecule is CC12CCC(c3c1ccc1c3ccc3cccnc31)C2(C)C. The Balaban J connectivity index is 1.94. The molecule has 1 heterocycles. The van der Waals surface area contributed by atoms with Gasteiger partial charge in [-0.1, -0.05) is 51.1 Å². The number of hydrogen-bond acceptors (Lipinski definition) is 1. The van der Waals surface area contributed by atoms with E-state index in [-0.39, 0.29) is 0 Å². The van der Waals surface area contributed by atoms with Crippen LogP contribution in [0.15, 0.2) is 42.6 Å². The van der Waals surface area contributed by atoms with Crippen LogP contribution in [-0.4, -0.2) is 4.98 Å². The Bertz CT molecular complexity index is 937. The molecule has 2 atom stereocenters. The minimum Gasteiger partial charge on any atom is -0.256 e. The molecule has 1 saturated carbocycles. The van der Waals surface area contributed by atoms with Gasteiger partial charge in [-0.25, -0.2) is 0 Å². The van der Waals surface area contributed by atoms with Gasteiger partial charge >= 0.3 is 0 Å². The van der Waals surface area contributed by atoms with Crippen LogP contribution in [0.2, 0.25) is 0 Å². The maximum absolute atomic E-state index is 4.65. The highest BCUT2D eigenvalue weighted by Gasteiger charge is 2.59. The molecule has 3 aromatic rings. The van der Waals surface area contributed by atoms with E-state index in [1.807, 2.05) is 12.3 Å². The molecule has 0 saturated heterocycles. The van der Waals surface area contributed by atoms with Crippen molar-refractivity contribution in [3.05, 3.63) is 53.7 Å². The first-order chi connectivity index (χ1) is 10.5. The zero-order valence-corrected chi connectivity index (χ0v) is 13.5. The Morgan fingerprint density at radius 3 is 2.68 bits per heavy atom. The van der Waals surface area contributed by atoms with Crippen LogP contribution in [0.1, 0.15) is 50.7 Å². The number of fused-ring (bicyclic) bond motifs is 9. The third kappa shape index (κ3) is 1.21. The van der Waals surface area contributed by atoms with Crippen molar-refractivity contribution in [2.75, 3.05) is 0 Å². The summed E-state index contributed by atoms with van der Waals surface area (Å²) in [6.45, 7) is 7.41. The van der Waals surface area contributed by atoms with Crippen molar-refractivity contribution in [2.24, 2.45) is 5.41 Å². The molecule has 2 bridgehead atoms. The second kappa shape index (κ2) is 3.71. The molecule has 110 valence electrons. The summed E-state index contributed by atoms with van der Waals surface area (Å²) in [5, 5.41) is 4.00. The third-order valence-electron chi connectivity index (χ3n) is 6.98. The quantitative estimate of drug-likeness (QED) is 0.493. The van der Waals surface area contributed by atoms with E-state index in [9.17, 15) is 0 Å². The van der Waals surface area contributed by atoms with Gasteiger partial charge in [-0.2, -0.15) is 0 Å². The summed E-state index contributed by atoms with van der Waals surface area (Å²) >= 11 is 0. The van der Waals surface area contributed by atoms with Gasteiger partial charge < -0.3 is 0 Å². The fraction of sp³-hybridized carbons (Fsp3) is 0.381. The first-order valence-corrected chi connectivity index (χ1v) is 8.35. The van der Waals surface area contributed by atoms with Crippen molar-refractivity contribution in [1.29, 1.82) is 0 Å². The van der Waals surface area contributed by atoms with Crippen LogP contribution in [0.25, 0.3) is 21.7 Å². The molecule has 1 nitrogen and oxygen atoms in total. The highest BCUT2D eigenvalue weighted by atomic mass is 14.7. The van der Waals surface area contributed by atoms with Crippen molar-refractivity contribution < 1.29 is 0 Å². The zero-order valence-electron chi connectivity index (χ0n) is 13.5. The van der Waals surface area contributed by atoms with Gasteiger partial charge in [-0.15, -0.1) is 0 Å². The summed E-state index contributed by atoms with van der Waals surface area (Å²) in [7, 11) is 0. The summed E-state index contributed by atoms with van der Waals surface area (Å²) in [6, 6.07) is 13.5. The first kappa shape index (κ1) is 12.6. The van der Waals surface area contributed by atoms with Gasteiger partial charge in [0.15, 0.2) is 0 Å². The highest BCUT2D eigenvalue weighted by molar-refractivity contribution is 6.07. The highest BCUT2D eigenvalue weighted by Crippen LogP contribution is 2.68. The van der Waals surface area contributed by atoms with Crippen LogP contribution in [0, 0.1) is 5.41 Å². The summed E-state index contributed by atoms with van der Waals surface area (Å²) in [5.41, 5.74) is 5.05. The van der Waals surface area contributed by atoms with Crippen LogP contribution < -0.4 is 0 Å². The third-order valence-corrected chi connectivity index (χ3v) is 6.98. The molecular weight excluding hydrogens is 266 g/mol. The molecule has 1 heteroatoms. The molecule has 2 aliphatic rings. The lowest BCUT2D eigenvalue weighted by molar-refractivity contribution is 0.231. The van der Waals surface area contributed by atoms with E-state index in [4.69, 9.17) is 0 Å². The van der Waals surface area contributed by atoms with Crippen LogP contribution in [0.4, 0.5) is 0 Å². The minimum absolute atomic E-state index is 0.334. The lowest BCUT2D eigenvalue weighted by Crippen LogP contribution is -2.31. The molecule has 1 fully saturated rings. The van der Waals surface area contributed by atoms with E-state index in [2.05, 4.69) is 56.1 Å². The second-order valence-electron chi connectivity index (χ2n) is 7.91. The first-order valence-electron chi connectivity index (χ1n) is 8.35. The maximum Gasteiger partial charge on any atom is 0.0780 e. The van der Waals surface area contributed by atoms with Crippen molar-refractivity contribution in [3.63, 3.8) is 0 Å². The van der Waals surface area contributed by atoms with Crippen LogP contribution in [-0.2, 0) is 5.41 Å². The lowest BCUT2D eigenvalue weighted by atomic mass is 9.69. The smallest absolute Gasteiger partial charge is 0.0780 e. The summed E-state index contributed by atoms with van der Waals surface area (Å²) in [6.07, 6.45) is 4.57. The standard InChI is InChI=1S/C21H21N/c1-20(2)16-10-11-21(20,3)17-9-8-15-14(18(16)17)7-6-13-5-4-12-22-19(13)15/h4-9,12,16H,10-11H2,1-3H3. The normalized spacial score (nSPS) is 28.4. The topological polar surface area (TPSA) is 12.9 Å². The fourth-order valence-electron chi connectivity index (χ4n) is 5.32. The van der Waals surface area contributed by atoms with Gasteiger partial charge in [0.25, 0.3) is 0 Å². The van der Waals surface area contributed by atoms with E-state index in [1.165, 1.54) is 29.0 Å². The van der Waals surface area contributed by atoms with Crippen LogP contribution in [0.5, 0.6) is 0 Å². The molecular formula is C21H21N. The number of nitrogens with zero attached hydrogens (tertiary/aromatic N) is 1. The monoisotopic (exact) mass is 287 g/mol. The van der Waals surface area contributed by atoms with Gasteiger partial charge in [0.05, 0.1) is 5.52 Å². The fourth-order valence-corrected chi connectivity index (χ4v) is 5.32. The molecule has 0 amide bonds. The van der Waals surface area contributed by atoms with Crippen molar-refractivity contribution >= 4 is 21.7 Å². The second-order valence-corrected chi connectivity index (χ2v) is 7.91. The molecule has 0 N–H and O–H groups in total. The number of hydrogen-bond donors (Lipinski definition) is 0. The van der Waals surface area contributed by atoms with E-state index in [0.717, 1.165) is 5.52 Å². The van der Waals surface area contributed by atoms with E-state index < -0.39 is 0 Å². The number of pyridine rings is 1. The molecule has 2 aliphatic carbocycles. The van der Waals surface area contributed by atoms with Gasteiger partial charge in [-0.05, 0) is 52.2 Å². The molecule has 0 spiro atoms. The van der Waals surface area contributed by atoms with Crippen molar-refractivity contribution in [1.82, 2.24) is 4.98 Å². The summed E-state index contributed by atoms with van der Waals surface area (Å²) in [5.74, 6) is 0.692. The Labute approximate surface area is 131 Å². The van der Waals surface area contributed by atoms with E-state index in [0.29, 0.717) is 16.7 Å². The predicted molar refractivity (Wildman–Crippen MR) is 92.4 cm³/mol. The largest absolute Gasteiger partial charge is 0.256 e. The Morgan fingerprint density at radius 2 is 1.82 bits per heavy atom. The average molecular weight is 287 g/mol. The Kier molecular flexibility index (Phi) is 2.13. The van der Waals surface area contributed by atoms with E-state index in [1.54, 1.807) is 11.1 Å². The Hall–Kier alpha value is -1.89. The van der Waals surface area contributed by atoms with E-state index >= 15 is 0 Å². The van der Waals surface area contributed by atoms with Crippen molar-refractivity contribution in [2.45, 2.75) is 44.9 Å². The van der Waals surface area contributed by atoms with Crippen molar-refractivity contribution in [3.8, 4) is 0 Å². The van der Waals surface area contributed by atoms with Crippen LogP contribution in [0.3, 0.4) is 0 Å². The Morgan fingerprint density at radius 1 is 1.00 bits per heavy atom. The number of benzene rings is 2. The molecule has 22 heavy (non-hydrogen) atoms. The van der Waals surface area contributed by atoms with Gasteiger partial charge in [0, 0.05) is 17.0 Å². The lowest BCUT2D eigenvalue weighted by Gasteiger charge is -2.35. The minimum atomic E-state index is 0.334. The maximum atomic E-state index is 4.65. The molecule has 1 aromatic heterocycles. The number of rotatable bonds is 0.